The summed E-state index contributed by atoms with van der Waals surface area (Å²) in [7, 11) is 0. The molecule has 0 fully saturated rings. The van der Waals surface area contributed by atoms with Crippen molar-refractivity contribution in [3.05, 3.63) is 69.5 Å². The van der Waals surface area contributed by atoms with Gasteiger partial charge < -0.3 is 9.51 Å². The predicted octanol–water partition coefficient (Wildman–Crippen LogP) is 4.21. The Labute approximate surface area is 141 Å². The molecule has 0 saturated carbocycles. The number of H-pyrrole nitrogens is 1. The molecule has 1 N–H and O–H groups in total. The highest BCUT2D eigenvalue weighted by atomic mass is 35.5. The first kappa shape index (κ1) is 14.7. The fourth-order valence-electron chi connectivity index (χ4n) is 2.63. The molecule has 5 nitrogen and oxygen atoms in total. The Morgan fingerprint density at radius 2 is 1.92 bits per heavy atom. The lowest BCUT2D eigenvalue weighted by Crippen LogP contribution is -2.10. The van der Waals surface area contributed by atoms with Gasteiger partial charge in [-0.15, -0.1) is 0 Å². The van der Waals surface area contributed by atoms with Gasteiger partial charge in [0.25, 0.3) is 11.4 Å². The Hall–Kier alpha value is -2.92. The van der Waals surface area contributed by atoms with Crippen molar-refractivity contribution in [3.63, 3.8) is 0 Å². The van der Waals surface area contributed by atoms with E-state index in [1.54, 1.807) is 18.2 Å². The van der Waals surface area contributed by atoms with Gasteiger partial charge in [-0.25, -0.2) is 0 Å². The van der Waals surface area contributed by atoms with E-state index in [9.17, 15) is 4.79 Å². The highest BCUT2D eigenvalue weighted by Crippen LogP contribution is 2.28. The monoisotopic (exact) mass is 337 g/mol. The summed E-state index contributed by atoms with van der Waals surface area (Å²) in [6, 6.07) is 14.8. The summed E-state index contributed by atoms with van der Waals surface area (Å²) < 4.78 is 5.28. The Balaban J connectivity index is 1.86. The van der Waals surface area contributed by atoms with E-state index in [0.29, 0.717) is 16.1 Å². The van der Waals surface area contributed by atoms with Crippen LogP contribution < -0.4 is 5.56 Å². The van der Waals surface area contributed by atoms with Crippen LogP contribution in [0.2, 0.25) is 5.02 Å². The molecule has 0 aliphatic heterocycles. The van der Waals surface area contributed by atoms with Crippen LogP contribution in [-0.4, -0.2) is 15.1 Å². The lowest BCUT2D eigenvalue weighted by Gasteiger charge is -2.02. The lowest BCUT2D eigenvalue weighted by molar-refractivity contribution is 0.432. The normalized spacial score (nSPS) is 11.1. The molecule has 4 aromatic rings. The molecular weight excluding hydrogens is 326 g/mol. The number of aryl methyl sites for hydroxylation is 1. The van der Waals surface area contributed by atoms with Gasteiger partial charge in [0.15, 0.2) is 0 Å². The minimum absolute atomic E-state index is 0.231. The van der Waals surface area contributed by atoms with Gasteiger partial charge in [0.2, 0.25) is 5.82 Å². The third-order valence-corrected chi connectivity index (χ3v) is 4.19. The Morgan fingerprint density at radius 3 is 2.75 bits per heavy atom. The number of aromatic amines is 1. The number of aromatic nitrogens is 3. The average Bonchev–Trinajstić information content (AvgIpc) is 3.05. The largest absolute Gasteiger partial charge is 0.334 e. The van der Waals surface area contributed by atoms with E-state index in [0.717, 1.165) is 16.5 Å². The molecule has 2 heterocycles. The van der Waals surface area contributed by atoms with E-state index in [1.807, 2.05) is 37.3 Å². The van der Waals surface area contributed by atoms with Crippen LogP contribution in [0.25, 0.3) is 33.7 Å². The molecule has 0 aliphatic carbocycles. The number of halogens is 1. The van der Waals surface area contributed by atoms with Crippen LogP contribution in [0.5, 0.6) is 0 Å². The number of rotatable bonds is 2. The first-order chi connectivity index (χ1) is 11.6. The highest BCUT2D eigenvalue weighted by molar-refractivity contribution is 6.33. The summed E-state index contributed by atoms with van der Waals surface area (Å²) in [5.41, 5.74) is 2.53. The number of nitrogens with one attached hydrogen (secondary N) is 1. The Bertz CT molecular complexity index is 1110. The van der Waals surface area contributed by atoms with E-state index in [2.05, 4.69) is 15.1 Å². The van der Waals surface area contributed by atoms with Crippen LogP contribution >= 0.6 is 11.6 Å². The molecule has 0 radical (unpaired) electrons. The average molecular weight is 338 g/mol. The van der Waals surface area contributed by atoms with Crippen molar-refractivity contribution >= 4 is 22.5 Å². The number of para-hydroxylation sites is 1. The van der Waals surface area contributed by atoms with Crippen LogP contribution in [-0.2, 0) is 0 Å². The zero-order valence-corrected chi connectivity index (χ0v) is 13.5. The molecule has 2 aromatic heterocycles. The maximum absolute atomic E-state index is 12.4. The van der Waals surface area contributed by atoms with Crippen molar-refractivity contribution in [1.29, 1.82) is 0 Å². The maximum Gasteiger partial charge on any atom is 0.259 e. The van der Waals surface area contributed by atoms with E-state index in [4.69, 9.17) is 16.1 Å². The zero-order valence-electron chi connectivity index (χ0n) is 12.7. The van der Waals surface area contributed by atoms with E-state index in [1.165, 1.54) is 0 Å². The zero-order chi connectivity index (χ0) is 16.7. The maximum atomic E-state index is 12.4. The number of nitrogens with zero attached hydrogens (tertiary/aromatic N) is 2. The number of benzene rings is 2. The molecule has 6 heteroatoms. The van der Waals surface area contributed by atoms with Crippen molar-refractivity contribution in [1.82, 2.24) is 15.1 Å². The van der Waals surface area contributed by atoms with Gasteiger partial charge in [0, 0.05) is 0 Å². The predicted molar refractivity (Wildman–Crippen MR) is 93.0 cm³/mol. The summed E-state index contributed by atoms with van der Waals surface area (Å²) in [5.74, 6) is 0.508. The minimum atomic E-state index is -0.261. The molecule has 0 bridgehead atoms. The topological polar surface area (TPSA) is 71.8 Å². The second-order valence-electron chi connectivity index (χ2n) is 5.45. The van der Waals surface area contributed by atoms with Crippen LogP contribution in [0.3, 0.4) is 0 Å². The first-order valence-corrected chi connectivity index (χ1v) is 7.73. The van der Waals surface area contributed by atoms with Gasteiger partial charge in [-0.1, -0.05) is 47.1 Å². The fraction of sp³-hybridized carbons (Fsp3) is 0.0556. The summed E-state index contributed by atoms with van der Waals surface area (Å²) in [4.78, 5) is 19.6. The van der Waals surface area contributed by atoms with Gasteiger partial charge in [-0.05, 0) is 36.1 Å². The molecular formula is C18H12ClN3O2. The lowest BCUT2D eigenvalue weighted by atomic mass is 10.1. The van der Waals surface area contributed by atoms with Crippen molar-refractivity contribution < 1.29 is 4.52 Å². The van der Waals surface area contributed by atoms with E-state index in [-0.39, 0.29) is 17.3 Å². The van der Waals surface area contributed by atoms with Crippen LogP contribution in [0, 0.1) is 6.92 Å². The number of hydrogen-bond acceptors (Lipinski definition) is 4. The smallest absolute Gasteiger partial charge is 0.259 e. The van der Waals surface area contributed by atoms with E-state index >= 15 is 0 Å². The summed E-state index contributed by atoms with van der Waals surface area (Å²) in [6.07, 6.45) is 0. The van der Waals surface area contributed by atoms with Crippen molar-refractivity contribution in [2.75, 3.05) is 0 Å². The summed E-state index contributed by atoms with van der Waals surface area (Å²) in [6.45, 7) is 1.95. The van der Waals surface area contributed by atoms with Crippen molar-refractivity contribution in [3.8, 4) is 22.8 Å². The molecule has 4 rings (SSSR count). The number of hydrogen-bond donors (Lipinski definition) is 1. The van der Waals surface area contributed by atoms with Crippen LogP contribution in [0.15, 0.2) is 57.8 Å². The molecule has 118 valence electrons. The SMILES string of the molecule is Cc1cccc2cc(-c3noc(-c4ccccc4Cl)n3)c(=O)[nH]c12. The Kier molecular flexibility index (Phi) is 3.43. The second-order valence-corrected chi connectivity index (χ2v) is 5.86. The molecule has 0 spiro atoms. The summed E-state index contributed by atoms with van der Waals surface area (Å²) >= 11 is 6.15. The van der Waals surface area contributed by atoms with Gasteiger partial charge in [-0.2, -0.15) is 4.98 Å². The molecule has 0 atom stereocenters. The third-order valence-electron chi connectivity index (χ3n) is 3.86. The first-order valence-electron chi connectivity index (χ1n) is 7.35. The molecule has 0 aliphatic rings. The second kappa shape index (κ2) is 5.62. The quantitative estimate of drug-likeness (QED) is 0.594. The molecule has 0 saturated heterocycles. The number of pyridine rings is 1. The molecule has 24 heavy (non-hydrogen) atoms. The molecule has 0 amide bonds. The van der Waals surface area contributed by atoms with Gasteiger partial charge >= 0.3 is 0 Å². The van der Waals surface area contributed by atoms with Crippen molar-refractivity contribution in [2.24, 2.45) is 0 Å². The summed E-state index contributed by atoms with van der Waals surface area (Å²) in [5, 5.41) is 5.35. The standard InChI is InChI=1S/C18H12ClN3O2/c1-10-5-4-6-11-9-13(17(23)20-15(10)11)16-21-18(24-22-16)12-7-2-3-8-14(12)19/h2-9H,1H3,(H,20,23). The fourth-order valence-corrected chi connectivity index (χ4v) is 2.84. The van der Waals surface area contributed by atoms with Crippen LogP contribution in [0.4, 0.5) is 0 Å². The minimum Gasteiger partial charge on any atom is -0.334 e. The number of fused-ring (bicyclic) bond motifs is 1. The third kappa shape index (κ3) is 2.39. The van der Waals surface area contributed by atoms with Gasteiger partial charge in [-0.3, -0.25) is 4.79 Å². The molecule has 0 unspecified atom stereocenters. The Morgan fingerprint density at radius 1 is 1.08 bits per heavy atom. The van der Waals surface area contributed by atoms with Gasteiger partial charge in [0.1, 0.15) is 0 Å². The van der Waals surface area contributed by atoms with E-state index < -0.39 is 0 Å². The van der Waals surface area contributed by atoms with Crippen LogP contribution in [0.1, 0.15) is 5.56 Å². The van der Waals surface area contributed by atoms with Crippen molar-refractivity contribution in [2.45, 2.75) is 6.92 Å². The van der Waals surface area contributed by atoms with Gasteiger partial charge in [0.05, 0.1) is 21.7 Å². The highest BCUT2D eigenvalue weighted by Gasteiger charge is 2.16. The molecule has 2 aromatic carbocycles.